The summed E-state index contributed by atoms with van der Waals surface area (Å²) in [6, 6.07) is 20.4. The topological polar surface area (TPSA) is 35.8 Å². The molecular weight excluding hydrogens is 248 g/mol. The highest BCUT2D eigenvalue weighted by Crippen LogP contribution is 2.23. The van der Waals surface area contributed by atoms with Gasteiger partial charge in [-0.15, -0.1) is 0 Å². The van der Waals surface area contributed by atoms with Crippen molar-refractivity contribution in [3.05, 3.63) is 71.8 Å². The van der Waals surface area contributed by atoms with Gasteiger partial charge in [0.1, 0.15) is 0 Å². The minimum Gasteiger partial charge on any atom is -0.394 e. The molecule has 0 bridgehead atoms. The summed E-state index contributed by atoms with van der Waals surface area (Å²) in [5.74, 6) is 0. The molecule has 0 saturated heterocycles. The molecule has 3 heteroatoms. The van der Waals surface area contributed by atoms with Crippen LogP contribution in [0.25, 0.3) is 0 Å². The lowest BCUT2D eigenvalue weighted by atomic mass is 10.1. The van der Waals surface area contributed by atoms with Crippen LogP contribution in [0.15, 0.2) is 65.7 Å². The first kappa shape index (κ1) is 13.0. The van der Waals surface area contributed by atoms with Crippen molar-refractivity contribution in [3.63, 3.8) is 0 Å². The molecule has 3 rings (SSSR count). The van der Waals surface area contributed by atoms with E-state index >= 15 is 0 Å². The van der Waals surface area contributed by atoms with Gasteiger partial charge in [0.05, 0.1) is 25.0 Å². The summed E-state index contributed by atoms with van der Waals surface area (Å²) in [5, 5.41) is 9.70. The van der Waals surface area contributed by atoms with Gasteiger partial charge in [0.2, 0.25) is 0 Å². The lowest BCUT2D eigenvalue weighted by molar-refractivity contribution is 0.148. The molecule has 3 nitrogen and oxygen atoms in total. The van der Waals surface area contributed by atoms with Crippen LogP contribution in [-0.2, 0) is 0 Å². The molecule has 0 aromatic heterocycles. The molecule has 20 heavy (non-hydrogen) atoms. The fraction of sp³-hybridized carbons (Fsp3) is 0.235. The zero-order chi connectivity index (χ0) is 13.8. The molecular formula is C17H18N2O. The molecule has 0 aliphatic carbocycles. The van der Waals surface area contributed by atoms with E-state index in [1.54, 1.807) is 0 Å². The molecule has 2 aromatic carbocycles. The zero-order valence-corrected chi connectivity index (χ0v) is 11.3. The van der Waals surface area contributed by atoms with Gasteiger partial charge < -0.3 is 5.11 Å². The van der Waals surface area contributed by atoms with Crippen molar-refractivity contribution in [2.24, 2.45) is 4.99 Å². The van der Waals surface area contributed by atoms with Crippen LogP contribution < -0.4 is 0 Å². The number of aliphatic hydroxyl groups is 1. The van der Waals surface area contributed by atoms with Gasteiger partial charge in [0.25, 0.3) is 0 Å². The third-order valence-electron chi connectivity index (χ3n) is 3.70. The molecule has 0 radical (unpaired) electrons. The van der Waals surface area contributed by atoms with Crippen LogP contribution in [0.2, 0.25) is 0 Å². The SMILES string of the molecule is OC[C@@H](c1ccccc1)N1CN=C(c2ccccc2)C1. The van der Waals surface area contributed by atoms with Gasteiger partial charge in [-0.1, -0.05) is 60.7 Å². The molecule has 0 amide bonds. The highest BCUT2D eigenvalue weighted by molar-refractivity contribution is 6.02. The van der Waals surface area contributed by atoms with Crippen molar-refractivity contribution in [1.29, 1.82) is 0 Å². The average Bonchev–Trinajstić information content (AvgIpc) is 3.00. The van der Waals surface area contributed by atoms with Gasteiger partial charge in [-0.2, -0.15) is 0 Å². The van der Waals surface area contributed by atoms with Gasteiger partial charge in [-0.05, 0) is 11.1 Å². The van der Waals surface area contributed by atoms with Gasteiger partial charge >= 0.3 is 0 Å². The summed E-state index contributed by atoms with van der Waals surface area (Å²) in [7, 11) is 0. The standard InChI is InChI=1S/C17H18N2O/c20-12-17(15-9-5-2-6-10-15)19-11-16(18-13-19)14-7-3-1-4-8-14/h1-10,17,20H,11-13H2/t17-/m0/s1. The maximum atomic E-state index is 9.70. The van der Waals surface area contributed by atoms with E-state index in [0.29, 0.717) is 6.67 Å². The number of hydrogen-bond donors (Lipinski definition) is 1. The second-order valence-corrected chi connectivity index (χ2v) is 4.97. The molecule has 0 saturated carbocycles. The van der Waals surface area contributed by atoms with Crippen molar-refractivity contribution in [2.75, 3.05) is 19.8 Å². The smallest absolute Gasteiger partial charge is 0.0922 e. The van der Waals surface area contributed by atoms with Crippen LogP contribution in [-0.4, -0.2) is 35.5 Å². The number of hydrogen-bond acceptors (Lipinski definition) is 3. The van der Waals surface area contributed by atoms with E-state index in [9.17, 15) is 5.11 Å². The highest BCUT2D eigenvalue weighted by Gasteiger charge is 2.25. The molecule has 1 N–H and O–H groups in total. The van der Waals surface area contributed by atoms with Gasteiger partial charge in [-0.25, -0.2) is 0 Å². The second-order valence-electron chi connectivity index (χ2n) is 4.97. The largest absolute Gasteiger partial charge is 0.394 e. The van der Waals surface area contributed by atoms with Crippen molar-refractivity contribution in [3.8, 4) is 0 Å². The lowest BCUT2D eigenvalue weighted by Crippen LogP contribution is -2.31. The molecule has 0 unspecified atom stereocenters. The van der Waals surface area contributed by atoms with Crippen LogP contribution >= 0.6 is 0 Å². The van der Waals surface area contributed by atoms with Crippen LogP contribution in [0.5, 0.6) is 0 Å². The van der Waals surface area contributed by atoms with E-state index in [0.717, 1.165) is 17.8 Å². The fourth-order valence-corrected chi connectivity index (χ4v) is 2.60. The normalized spacial score (nSPS) is 16.9. The monoisotopic (exact) mass is 266 g/mol. The Morgan fingerprint density at radius 2 is 1.65 bits per heavy atom. The summed E-state index contributed by atoms with van der Waals surface area (Å²) in [4.78, 5) is 6.82. The predicted molar refractivity (Wildman–Crippen MR) is 80.8 cm³/mol. The lowest BCUT2D eigenvalue weighted by Gasteiger charge is -2.25. The molecule has 2 aromatic rings. The summed E-state index contributed by atoms with van der Waals surface area (Å²) < 4.78 is 0. The maximum absolute atomic E-state index is 9.70. The summed E-state index contributed by atoms with van der Waals surface area (Å²) >= 11 is 0. The minimum absolute atomic E-state index is 0.0150. The van der Waals surface area contributed by atoms with E-state index < -0.39 is 0 Å². The maximum Gasteiger partial charge on any atom is 0.0922 e. The van der Waals surface area contributed by atoms with E-state index in [4.69, 9.17) is 0 Å². The summed E-state index contributed by atoms with van der Waals surface area (Å²) in [5.41, 5.74) is 3.40. The van der Waals surface area contributed by atoms with E-state index in [1.807, 2.05) is 36.4 Å². The molecule has 1 aliphatic rings. The van der Waals surface area contributed by atoms with E-state index in [1.165, 1.54) is 5.56 Å². The van der Waals surface area contributed by atoms with Crippen LogP contribution in [0.1, 0.15) is 17.2 Å². The van der Waals surface area contributed by atoms with Crippen molar-refractivity contribution < 1.29 is 5.11 Å². The number of nitrogens with zero attached hydrogens (tertiary/aromatic N) is 2. The Morgan fingerprint density at radius 1 is 1.00 bits per heavy atom. The van der Waals surface area contributed by atoms with Gasteiger partial charge in [-0.3, -0.25) is 9.89 Å². The number of aliphatic imine (C=N–C) groups is 1. The van der Waals surface area contributed by atoms with Gasteiger partial charge in [0, 0.05) is 6.54 Å². The summed E-state index contributed by atoms with van der Waals surface area (Å²) in [6.07, 6.45) is 0. The average molecular weight is 266 g/mol. The third kappa shape index (κ3) is 2.64. The Kier molecular flexibility index (Phi) is 3.90. The Balaban J connectivity index is 1.75. The predicted octanol–water partition coefficient (Wildman–Crippen LogP) is 2.48. The molecule has 1 heterocycles. The van der Waals surface area contributed by atoms with E-state index in [2.05, 4.69) is 34.2 Å². The van der Waals surface area contributed by atoms with Gasteiger partial charge in [0.15, 0.2) is 0 Å². The molecule has 1 atom stereocenters. The molecule has 0 fully saturated rings. The first-order valence-electron chi connectivity index (χ1n) is 6.87. The number of aliphatic hydroxyl groups excluding tert-OH is 1. The molecule has 102 valence electrons. The summed E-state index contributed by atoms with van der Waals surface area (Å²) in [6.45, 7) is 1.54. The van der Waals surface area contributed by atoms with Crippen LogP contribution in [0.4, 0.5) is 0 Å². The first-order chi connectivity index (χ1) is 9.88. The first-order valence-corrected chi connectivity index (χ1v) is 6.87. The van der Waals surface area contributed by atoms with Crippen molar-refractivity contribution in [2.45, 2.75) is 6.04 Å². The van der Waals surface area contributed by atoms with Crippen LogP contribution in [0.3, 0.4) is 0 Å². The Hall–Kier alpha value is -1.97. The Morgan fingerprint density at radius 3 is 2.30 bits per heavy atom. The highest BCUT2D eigenvalue weighted by atomic mass is 16.3. The Bertz CT molecular complexity index is 580. The fourth-order valence-electron chi connectivity index (χ4n) is 2.60. The quantitative estimate of drug-likeness (QED) is 0.923. The van der Waals surface area contributed by atoms with Crippen LogP contribution in [0, 0.1) is 0 Å². The molecule has 0 spiro atoms. The van der Waals surface area contributed by atoms with Crippen molar-refractivity contribution >= 4 is 5.71 Å². The van der Waals surface area contributed by atoms with E-state index in [-0.39, 0.29) is 12.6 Å². The number of rotatable bonds is 4. The van der Waals surface area contributed by atoms with Crippen molar-refractivity contribution in [1.82, 2.24) is 4.90 Å². The Labute approximate surface area is 119 Å². The zero-order valence-electron chi connectivity index (χ0n) is 11.3. The molecule has 1 aliphatic heterocycles. The minimum atomic E-state index is 0.0150. The third-order valence-corrected chi connectivity index (χ3v) is 3.70. The number of benzene rings is 2. The second kappa shape index (κ2) is 5.99.